The fraction of sp³-hybridized carbons (Fsp3) is 0.550. The van der Waals surface area contributed by atoms with Crippen LogP contribution in [0.1, 0.15) is 18.4 Å². The first-order valence-electron chi connectivity index (χ1n) is 10.3. The van der Waals surface area contributed by atoms with Gasteiger partial charge in [0.05, 0.1) is 6.61 Å². The predicted molar refractivity (Wildman–Crippen MR) is 115 cm³/mol. The highest BCUT2D eigenvalue weighted by molar-refractivity contribution is 6.30. The van der Waals surface area contributed by atoms with E-state index in [1.165, 1.54) is 5.56 Å². The van der Waals surface area contributed by atoms with Crippen LogP contribution in [0.15, 0.2) is 24.3 Å². The molecule has 0 aliphatic carbocycles. The van der Waals surface area contributed by atoms with Crippen LogP contribution in [0.2, 0.25) is 5.02 Å². The maximum absolute atomic E-state index is 12.2. The summed E-state index contributed by atoms with van der Waals surface area (Å²) in [6.07, 6.45) is 2.36. The molecule has 2 aromatic rings. The summed E-state index contributed by atoms with van der Waals surface area (Å²) in [6.45, 7) is 2.83. The lowest BCUT2D eigenvalue weighted by Crippen LogP contribution is -2.59. The molecule has 10 heteroatoms. The van der Waals surface area contributed by atoms with Gasteiger partial charge in [-0.15, -0.1) is 10.2 Å². The number of benzene rings is 1. The van der Waals surface area contributed by atoms with E-state index in [2.05, 4.69) is 42.4 Å². The number of rotatable bonds is 5. The van der Waals surface area contributed by atoms with Crippen molar-refractivity contribution >= 4 is 29.4 Å². The van der Waals surface area contributed by atoms with Crippen LogP contribution < -0.4 is 16.0 Å². The van der Waals surface area contributed by atoms with E-state index in [4.69, 9.17) is 22.1 Å². The number of nitrogens with zero attached hydrogens (tertiary/aromatic N) is 4. The molecule has 0 radical (unpaired) electrons. The minimum absolute atomic E-state index is 0.0699. The topological polar surface area (TPSA) is 112 Å². The van der Waals surface area contributed by atoms with Gasteiger partial charge in [0, 0.05) is 43.8 Å². The third kappa shape index (κ3) is 4.69. The van der Waals surface area contributed by atoms with Crippen LogP contribution >= 0.6 is 11.6 Å². The Morgan fingerprint density at radius 3 is 2.67 bits per heavy atom. The second kappa shape index (κ2) is 9.20. The second-order valence-corrected chi connectivity index (χ2v) is 8.31. The number of halogens is 1. The van der Waals surface area contributed by atoms with Gasteiger partial charge in [0.1, 0.15) is 6.10 Å². The van der Waals surface area contributed by atoms with E-state index in [1.807, 2.05) is 12.1 Å². The molecule has 1 amide bonds. The van der Waals surface area contributed by atoms with E-state index in [-0.39, 0.29) is 11.9 Å². The number of hydrogen-bond donors (Lipinski definition) is 3. The van der Waals surface area contributed by atoms with Crippen molar-refractivity contribution in [2.24, 2.45) is 0 Å². The molecule has 162 valence electrons. The second-order valence-electron chi connectivity index (χ2n) is 7.87. The Bertz CT molecular complexity index is 851. The number of nitrogen functional groups attached to an aromatic ring is 1. The van der Waals surface area contributed by atoms with Gasteiger partial charge in [0.25, 0.3) is 0 Å². The molecule has 0 saturated carbocycles. The monoisotopic (exact) mass is 433 g/mol. The first-order valence-corrected chi connectivity index (χ1v) is 10.7. The van der Waals surface area contributed by atoms with Crippen molar-refractivity contribution in [2.75, 3.05) is 43.9 Å². The Hall–Kier alpha value is -2.36. The van der Waals surface area contributed by atoms with E-state index >= 15 is 0 Å². The number of carbonyl (C=O) groups is 1. The van der Waals surface area contributed by atoms with Gasteiger partial charge in [0.2, 0.25) is 17.8 Å². The van der Waals surface area contributed by atoms with Crippen molar-refractivity contribution in [2.45, 2.75) is 37.5 Å². The Morgan fingerprint density at radius 2 is 2.03 bits per heavy atom. The van der Waals surface area contributed by atoms with Gasteiger partial charge in [-0.2, -0.15) is 0 Å². The van der Waals surface area contributed by atoms with Crippen LogP contribution in [0, 0.1) is 0 Å². The first-order chi connectivity index (χ1) is 14.5. The Kier molecular flexibility index (Phi) is 6.40. The molecular weight excluding hydrogens is 406 g/mol. The highest BCUT2D eigenvalue weighted by atomic mass is 35.5. The molecule has 1 aromatic heterocycles. The molecule has 2 unspecified atom stereocenters. The van der Waals surface area contributed by atoms with E-state index in [0.717, 1.165) is 37.4 Å². The molecule has 4 N–H and O–H groups in total. The zero-order chi connectivity index (χ0) is 21.1. The van der Waals surface area contributed by atoms with Crippen LogP contribution in [0.5, 0.6) is 0 Å². The van der Waals surface area contributed by atoms with Gasteiger partial charge < -0.3 is 20.7 Å². The molecule has 0 spiro atoms. The highest BCUT2D eigenvalue weighted by Crippen LogP contribution is 2.26. The molecule has 2 saturated heterocycles. The zero-order valence-electron chi connectivity index (χ0n) is 17.1. The third-order valence-corrected chi connectivity index (χ3v) is 6.24. The Balaban J connectivity index is 1.45. The summed E-state index contributed by atoms with van der Waals surface area (Å²) in [4.78, 5) is 19.9. The summed E-state index contributed by atoms with van der Waals surface area (Å²) < 4.78 is 5.93. The van der Waals surface area contributed by atoms with Crippen molar-refractivity contribution in [3.63, 3.8) is 0 Å². The minimum Gasteiger partial charge on any atom is -0.368 e. The standard InChI is InChI=1S/C20H28ClN7O2/c1-23-18(29)17-11-28(16(12-30-17)10-13-2-4-14(21)5-3-13)15-6-8-27(9-7-15)20-24-19(22)25-26-20/h2-5,15-17H,6-12H2,1H3,(H,23,29)(H3,22,24,25,26). The lowest BCUT2D eigenvalue weighted by Gasteiger charge is -2.46. The molecule has 2 atom stereocenters. The maximum atomic E-state index is 12.2. The number of piperidine rings is 1. The van der Waals surface area contributed by atoms with Crippen LogP contribution in [0.25, 0.3) is 0 Å². The number of aromatic amines is 1. The average Bonchev–Trinajstić information content (AvgIpc) is 3.21. The summed E-state index contributed by atoms with van der Waals surface area (Å²) in [5, 5.41) is 11.4. The quantitative estimate of drug-likeness (QED) is 0.646. The van der Waals surface area contributed by atoms with Crippen LogP contribution in [-0.4, -0.2) is 77.5 Å². The van der Waals surface area contributed by atoms with Gasteiger partial charge in [-0.25, -0.2) is 0 Å². The van der Waals surface area contributed by atoms with Gasteiger partial charge in [0.15, 0.2) is 0 Å². The van der Waals surface area contributed by atoms with Crippen molar-refractivity contribution in [3.05, 3.63) is 34.9 Å². The number of likely N-dealkylation sites (N-methyl/N-ethyl adjacent to an activating group) is 1. The van der Waals surface area contributed by atoms with E-state index in [0.29, 0.717) is 31.1 Å². The number of hydrogen-bond acceptors (Lipinski definition) is 7. The number of morpholine rings is 1. The van der Waals surface area contributed by atoms with Crippen LogP contribution in [0.4, 0.5) is 11.9 Å². The number of ether oxygens (including phenoxy) is 1. The summed E-state index contributed by atoms with van der Waals surface area (Å²) in [7, 11) is 1.65. The Labute approximate surface area is 180 Å². The zero-order valence-corrected chi connectivity index (χ0v) is 17.8. The molecule has 0 bridgehead atoms. The highest BCUT2D eigenvalue weighted by Gasteiger charge is 2.37. The van der Waals surface area contributed by atoms with Gasteiger partial charge in [-0.05, 0) is 37.0 Å². The Morgan fingerprint density at radius 1 is 1.30 bits per heavy atom. The average molecular weight is 434 g/mol. The van der Waals surface area contributed by atoms with Crippen LogP contribution in [0.3, 0.4) is 0 Å². The molecule has 4 rings (SSSR count). The molecular formula is C20H28ClN7O2. The molecule has 3 heterocycles. The first kappa shape index (κ1) is 20.9. The summed E-state index contributed by atoms with van der Waals surface area (Å²) in [5.41, 5.74) is 6.88. The van der Waals surface area contributed by atoms with E-state index in [9.17, 15) is 4.79 Å². The fourth-order valence-corrected chi connectivity index (χ4v) is 4.50. The molecule has 2 fully saturated rings. The number of H-pyrrole nitrogens is 1. The lowest BCUT2D eigenvalue weighted by atomic mass is 9.96. The largest absolute Gasteiger partial charge is 0.368 e. The molecule has 2 aliphatic heterocycles. The van der Waals surface area contributed by atoms with Crippen molar-refractivity contribution in [3.8, 4) is 0 Å². The van der Waals surface area contributed by atoms with Gasteiger partial charge >= 0.3 is 0 Å². The number of aromatic nitrogens is 3. The number of carbonyl (C=O) groups excluding carboxylic acids is 1. The number of nitrogens with one attached hydrogen (secondary N) is 2. The predicted octanol–water partition coefficient (Wildman–Crippen LogP) is 1.07. The number of anilines is 2. The fourth-order valence-electron chi connectivity index (χ4n) is 4.37. The molecule has 30 heavy (non-hydrogen) atoms. The molecule has 2 aliphatic rings. The smallest absolute Gasteiger partial charge is 0.250 e. The SMILES string of the molecule is CNC(=O)C1CN(C2CCN(c3nnc(N)[nH]3)CC2)C(Cc2ccc(Cl)cc2)CO1. The third-order valence-electron chi connectivity index (χ3n) is 5.98. The number of amides is 1. The molecule has 1 aromatic carbocycles. The number of nitrogens with two attached hydrogens (primary N) is 1. The van der Waals surface area contributed by atoms with Crippen molar-refractivity contribution in [1.29, 1.82) is 0 Å². The van der Waals surface area contributed by atoms with Gasteiger partial charge in [-0.1, -0.05) is 23.7 Å². The summed E-state index contributed by atoms with van der Waals surface area (Å²) in [5.74, 6) is 0.977. The summed E-state index contributed by atoms with van der Waals surface area (Å²) >= 11 is 6.04. The van der Waals surface area contributed by atoms with E-state index < -0.39 is 6.10 Å². The minimum atomic E-state index is -0.441. The maximum Gasteiger partial charge on any atom is 0.250 e. The van der Waals surface area contributed by atoms with Crippen molar-refractivity contribution in [1.82, 2.24) is 25.4 Å². The van der Waals surface area contributed by atoms with Crippen molar-refractivity contribution < 1.29 is 9.53 Å². The molecule has 9 nitrogen and oxygen atoms in total. The summed E-state index contributed by atoms with van der Waals surface area (Å²) in [6, 6.07) is 8.53. The van der Waals surface area contributed by atoms with Gasteiger partial charge in [-0.3, -0.25) is 14.7 Å². The van der Waals surface area contributed by atoms with Crippen LogP contribution in [-0.2, 0) is 16.0 Å². The lowest BCUT2D eigenvalue weighted by molar-refractivity contribution is -0.144. The van der Waals surface area contributed by atoms with E-state index in [1.54, 1.807) is 7.05 Å². The normalized spacial score (nSPS) is 23.5.